The number of hydrogen-bond donors (Lipinski definition) is 0. The van der Waals surface area contributed by atoms with Crippen LogP contribution in [0.1, 0.15) is 22.9 Å². The highest BCUT2D eigenvalue weighted by Gasteiger charge is 2.46. The summed E-state index contributed by atoms with van der Waals surface area (Å²) in [5.41, 5.74) is 2.20. The molecule has 3 heterocycles. The van der Waals surface area contributed by atoms with Crippen LogP contribution in [-0.2, 0) is 17.9 Å². The van der Waals surface area contributed by atoms with E-state index in [9.17, 15) is 9.59 Å². The Kier molecular flexibility index (Phi) is 4.84. The normalized spacial score (nSPS) is 16.3. The number of urea groups is 1. The molecule has 7 nitrogen and oxygen atoms in total. The SMILES string of the molecule is O=C1C(c2ccccc2)N(Cc2ccccc2)C(=O)N1Cc1cc(-c2ccco2)on1. The van der Waals surface area contributed by atoms with E-state index in [4.69, 9.17) is 8.94 Å². The van der Waals surface area contributed by atoms with E-state index in [0.29, 0.717) is 23.8 Å². The van der Waals surface area contributed by atoms with E-state index in [2.05, 4.69) is 5.16 Å². The zero-order valence-corrected chi connectivity index (χ0v) is 16.5. The van der Waals surface area contributed by atoms with Crippen LogP contribution in [0.2, 0.25) is 0 Å². The van der Waals surface area contributed by atoms with Gasteiger partial charge in [-0.05, 0) is 23.3 Å². The second-order valence-electron chi connectivity index (χ2n) is 7.29. The topological polar surface area (TPSA) is 79.8 Å². The molecule has 31 heavy (non-hydrogen) atoms. The minimum atomic E-state index is -0.689. The maximum Gasteiger partial charge on any atom is 0.328 e. The zero-order chi connectivity index (χ0) is 21.2. The van der Waals surface area contributed by atoms with Crippen molar-refractivity contribution < 1.29 is 18.5 Å². The van der Waals surface area contributed by atoms with Crippen molar-refractivity contribution in [2.75, 3.05) is 0 Å². The van der Waals surface area contributed by atoms with Crippen molar-refractivity contribution in [2.45, 2.75) is 19.1 Å². The fraction of sp³-hybridized carbons (Fsp3) is 0.125. The molecule has 1 unspecified atom stereocenters. The van der Waals surface area contributed by atoms with Gasteiger partial charge in [0.1, 0.15) is 11.7 Å². The Morgan fingerprint density at radius 3 is 2.29 bits per heavy atom. The summed E-state index contributed by atoms with van der Waals surface area (Å²) < 4.78 is 10.6. The molecule has 154 valence electrons. The van der Waals surface area contributed by atoms with Gasteiger partial charge in [-0.1, -0.05) is 65.8 Å². The first-order valence-electron chi connectivity index (χ1n) is 9.91. The summed E-state index contributed by atoms with van der Waals surface area (Å²) in [5, 5.41) is 4.01. The Hall–Kier alpha value is -4.13. The Bertz CT molecular complexity index is 1190. The molecule has 1 atom stereocenters. The van der Waals surface area contributed by atoms with Gasteiger partial charge in [-0.2, -0.15) is 0 Å². The minimum Gasteiger partial charge on any atom is -0.461 e. The lowest BCUT2D eigenvalue weighted by molar-refractivity contribution is -0.129. The number of rotatable bonds is 6. The molecule has 0 bridgehead atoms. The van der Waals surface area contributed by atoms with Gasteiger partial charge in [-0.25, -0.2) is 4.79 Å². The van der Waals surface area contributed by atoms with Crippen LogP contribution in [0, 0.1) is 0 Å². The summed E-state index contributed by atoms with van der Waals surface area (Å²) in [6.45, 7) is 0.356. The third-order valence-corrected chi connectivity index (χ3v) is 5.24. The van der Waals surface area contributed by atoms with E-state index in [0.717, 1.165) is 11.1 Å². The lowest BCUT2D eigenvalue weighted by atomic mass is 10.1. The molecule has 3 amide bonds. The number of benzene rings is 2. The number of carbonyl (C=O) groups is 2. The number of furan rings is 1. The second-order valence-corrected chi connectivity index (χ2v) is 7.29. The van der Waals surface area contributed by atoms with E-state index in [1.54, 1.807) is 23.1 Å². The molecular weight excluding hydrogens is 394 g/mol. The predicted octanol–water partition coefficient (Wildman–Crippen LogP) is 4.64. The molecule has 7 heteroatoms. The van der Waals surface area contributed by atoms with E-state index < -0.39 is 6.04 Å². The fourth-order valence-electron chi connectivity index (χ4n) is 3.77. The zero-order valence-electron chi connectivity index (χ0n) is 16.5. The smallest absolute Gasteiger partial charge is 0.328 e. The van der Waals surface area contributed by atoms with E-state index in [-0.39, 0.29) is 18.5 Å². The molecular formula is C24H19N3O4. The summed E-state index contributed by atoms with van der Waals surface area (Å²) in [4.78, 5) is 29.5. The molecule has 1 aliphatic heterocycles. The van der Waals surface area contributed by atoms with Gasteiger partial charge in [0, 0.05) is 12.6 Å². The van der Waals surface area contributed by atoms with E-state index in [1.165, 1.54) is 11.2 Å². The molecule has 5 rings (SSSR count). The van der Waals surface area contributed by atoms with Gasteiger partial charge in [0.15, 0.2) is 5.76 Å². The third-order valence-electron chi connectivity index (χ3n) is 5.24. The number of nitrogens with zero attached hydrogens (tertiary/aromatic N) is 3. The van der Waals surface area contributed by atoms with Gasteiger partial charge in [-0.3, -0.25) is 9.69 Å². The van der Waals surface area contributed by atoms with Gasteiger partial charge in [-0.15, -0.1) is 0 Å². The highest BCUT2D eigenvalue weighted by molar-refractivity contribution is 6.04. The summed E-state index contributed by atoms with van der Waals surface area (Å²) in [7, 11) is 0. The highest BCUT2D eigenvalue weighted by Crippen LogP contribution is 2.33. The predicted molar refractivity (Wildman–Crippen MR) is 111 cm³/mol. The molecule has 0 N–H and O–H groups in total. The number of hydrogen-bond acceptors (Lipinski definition) is 5. The van der Waals surface area contributed by atoms with Crippen LogP contribution < -0.4 is 0 Å². The Balaban J connectivity index is 1.44. The van der Waals surface area contributed by atoms with Crippen molar-refractivity contribution in [2.24, 2.45) is 0 Å². The average Bonchev–Trinajstić information content (AvgIpc) is 3.53. The van der Waals surface area contributed by atoms with Crippen LogP contribution in [0.4, 0.5) is 4.79 Å². The molecule has 1 aliphatic rings. The summed E-state index contributed by atoms with van der Waals surface area (Å²) in [5.74, 6) is 0.695. The van der Waals surface area contributed by atoms with E-state index >= 15 is 0 Å². The maximum atomic E-state index is 13.3. The average molecular weight is 413 g/mol. The Morgan fingerprint density at radius 1 is 0.839 bits per heavy atom. The Labute approximate surface area is 178 Å². The van der Waals surface area contributed by atoms with Crippen molar-refractivity contribution >= 4 is 11.9 Å². The lowest BCUT2D eigenvalue weighted by Gasteiger charge is -2.22. The molecule has 2 aromatic carbocycles. The third kappa shape index (κ3) is 3.61. The van der Waals surface area contributed by atoms with Crippen molar-refractivity contribution in [3.63, 3.8) is 0 Å². The number of imide groups is 1. The van der Waals surface area contributed by atoms with Gasteiger partial charge < -0.3 is 13.8 Å². The van der Waals surface area contributed by atoms with Gasteiger partial charge in [0.2, 0.25) is 5.76 Å². The molecule has 0 spiro atoms. The first kappa shape index (κ1) is 18.9. The molecule has 4 aromatic rings. The summed E-state index contributed by atoms with van der Waals surface area (Å²) in [6.07, 6.45) is 1.54. The second kappa shape index (κ2) is 7.95. The number of amides is 3. The summed E-state index contributed by atoms with van der Waals surface area (Å²) >= 11 is 0. The van der Waals surface area contributed by atoms with E-state index in [1.807, 2.05) is 60.7 Å². The summed E-state index contributed by atoms with van der Waals surface area (Å²) in [6, 6.07) is 23.1. The maximum absolute atomic E-state index is 13.3. The molecule has 1 fully saturated rings. The number of carbonyl (C=O) groups excluding carboxylic acids is 2. The van der Waals surface area contributed by atoms with Crippen LogP contribution >= 0.6 is 0 Å². The van der Waals surface area contributed by atoms with Gasteiger partial charge in [0.05, 0.1) is 12.8 Å². The molecule has 0 aliphatic carbocycles. The first-order valence-corrected chi connectivity index (χ1v) is 9.91. The first-order chi connectivity index (χ1) is 15.2. The molecule has 1 saturated heterocycles. The van der Waals surface area contributed by atoms with Crippen molar-refractivity contribution in [3.05, 3.63) is 102 Å². The Morgan fingerprint density at radius 2 is 1.58 bits per heavy atom. The van der Waals surface area contributed by atoms with Crippen LogP contribution in [0.3, 0.4) is 0 Å². The largest absolute Gasteiger partial charge is 0.461 e. The molecule has 0 saturated carbocycles. The standard InChI is InChI=1S/C24H19N3O4/c28-23-22(18-10-5-2-6-11-18)26(15-17-8-3-1-4-9-17)24(29)27(23)16-19-14-21(31-25-19)20-12-7-13-30-20/h1-14,22H,15-16H2. The molecule has 2 aromatic heterocycles. The van der Waals surface area contributed by atoms with Crippen LogP contribution in [-0.4, -0.2) is 26.9 Å². The molecule has 0 radical (unpaired) electrons. The number of aromatic nitrogens is 1. The fourth-order valence-corrected chi connectivity index (χ4v) is 3.77. The van der Waals surface area contributed by atoms with Crippen molar-refractivity contribution in [3.8, 4) is 11.5 Å². The van der Waals surface area contributed by atoms with Crippen molar-refractivity contribution in [1.82, 2.24) is 15.0 Å². The lowest BCUT2D eigenvalue weighted by Crippen LogP contribution is -2.32. The monoisotopic (exact) mass is 413 g/mol. The van der Waals surface area contributed by atoms with Crippen molar-refractivity contribution in [1.29, 1.82) is 0 Å². The van der Waals surface area contributed by atoms with Crippen LogP contribution in [0.15, 0.2) is 94.1 Å². The quantitative estimate of drug-likeness (QED) is 0.430. The minimum absolute atomic E-state index is 0.0243. The van der Waals surface area contributed by atoms with Crippen LogP contribution in [0.25, 0.3) is 11.5 Å². The highest BCUT2D eigenvalue weighted by atomic mass is 16.5. The van der Waals surface area contributed by atoms with Crippen LogP contribution in [0.5, 0.6) is 0 Å². The van der Waals surface area contributed by atoms with Gasteiger partial charge in [0.25, 0.3) is 5.91 Å². The van der Waals surface area contributed by atoms with Gasteiger partial charge >= 0.3 is 6.03 Å².